The molecule has 4 unspecified atom stereocenters. The molecule has 158 valence electrons. The van der Waals surface area contributed by atoms with Gasteiger partial charge in [0, 0.05) is 5.02 Å². The number of fused-ring (bicyclic) bond motifs is 1. The monoisotopic (exact) mass is 426 g/mol. The van der Waals surface area contributed by atoms with E-state index >= 15 is 0 Å². The highest BCUT2D eigenvalue weighted by Gasteiger charge is 2.36. The molecule has 2 aliphatic rings. The summed E-state index contributed by atoms with van der Waals surface area (Å²) in [6.45, 7) is 2.10. The van der Waals surface area contributed by atoms with Crippen molar-refractivity contribution in [2.24, 2.45) is 17.8 Å². The molecule has 0 bridgehead atoms. The normalized spacial score (nSPS) is 26.4. The van der Waals surface area contributed by atoms with Crippen molar-refractivity contribution in [2.75, 3.05) is 0 Å². The lowest BCUT2D eigenvalue weighted by Crippen LogP contribution is -2.30. The van der Waals surface area contributed by atoms with Crippen LogP contribution in [0.15, 0.2) is 54.6 Å². The molecular formula is C26H28ClFO2. The largest absolute Gasteiger partial charge is 0.423 e. The molecule has 0 radical (unpaired) electrons. The van der Waals surface area contributed by atoms with Gasteiger partial charge in [0.05, 0.1) is 5.56 Å². The summed E-state index contributed by atoms with van der Waals surface area (Å²) in [6.07, 6.45) is 11.5. The second kappa shape index (κ2) is 9.34. The first-order valence-electron chi connectivity index (χ1n) is 10.9. The Labute approximate surface area is 183 Å². The number of ether oxygens (including phenoxy) is 1. The Morgan fingerprint density at radius 2 is 1.77 bits per heavy atom. The van der Waals surface area contributed by atoms with Crippen LogP contribution in [0.1, 0.15) is 67.3 Å². The Morgan fingerprint density at radius 3 is 2.50 bits per heavy atom. The molecule has 0 aromatic heterocycles. The fourth-order valence-corrected chi connectivity index (χ4v) is 5.43. The van der Waals surface area contributed by atoms with Crippen LogP contribution in [0.25, 0.3) is 0 Å². The van der Waals surface area contributed by atoms with Crippen LogP contribution in [0.2, 0.25) is 5.02 Å². The van der Waals surface area contributed by atoms with Crippen molar-refractivity contribution in [1.82, 2.24) is 0 Å². The van der Waals surface area contributed by atoms with Crippen molar-refractivity contribution in [1.29, 1.82) is 0 Å². The molecule has 2 aliphatic carbocycles. The Hall–Kier alpha value is -2.13. The molecule has 0 spiro atoms. The van der Waals surface area contributed by atoms with E-state index in [2.05, 4.69) is 19.1 Å². The van der Waals surface area contributed by atoms with Crippen LogP contribution >= 0.6 is 11.6 Å². The van der Waals surface area contributed by atoms with Crippen LogP contribution in [0.4, 0.5) is 4.39 Å². The number of esters is 1. The number of hydrogen-bond donors (Lipinski definition) is 0. The Balaban J connectivity index is 1.41. The maximum Gasteiger partial charge on any atom is 0.343 e. The van der Waals surface area contributed by atoms with Gasteiger partial charge < -0.3 is 4.74 Å². The van der Waals surface area contributed by atoms with Gasteiger partial charge in [-0.25, -0.2) is 9.18 Å². The molecule has 0 aliphatic heterocycles. The first kappa shape index (κ1) is 21.1. The number of hydrogen-bond acceptors (Lipinski definition) is 2. The number of carbonyl (C=O) groups is 1. The number of halogens is 2. The van der Waals surface area contributed by atoms with Crippen LogP contribution in [-0.2, 0) is 0 Å². The van der Waals surface area contributed by atoms with Crippen LogP contribution < -0.4 is 4.74 Å². The van der Waals surface area contributed by atoms with E-state index in [9.17, 15) is 9.18 Å². The molecule has 2 aromatic rings. The average molecular weight is 427 g/mol. The van der Waals surface area contributed by atoms with Crippen molar-refractivity contribution in [3.8, 4) is 5.75 Å². The highest BCUT2D eigenvalue weighted by molar-refractivity contribution is 6.30. The number of rotatable bonds is 4. The van der Waals surface area contributed by atoms with E-state index in [1.54, 1.807) is 36.4 Å². The third-order valence-electron chi connectivity index (χ3n) is 6.82. The zero-order chi connectivity index (χ0) is 21.1. The Morgan fingerprint density at radius 1 is 1.03 bits per heavy atom. The van der Waals surface area contributed by atoms with E-state index in [-0.39, 0.29) is 17.3 Å². The van der Waals surface area contributed by atoms with Gasteiger partial charge in [0.1, 0.15) is 11.6 Å². The summed E-state index contributed by atoms with van der Waals surface area (Å²) >= 11 is 5.85. The summed E-state index contributed by atoms with van der Waals surface area (Å²) in [4.78, 5) is 12.4. The van der Waals surface area contributed by atoms with Gasteiger partial charge in [-0.3, -0.25) is 0 Å². The smallest absolute Gasteiger partial charge is 0.343 e. The van der Waals surface area contributed by atoms with E-state index in [1.165, 1.54) is 31.7 Å². The van der Waals surface area contributed by atoms with Gasteiger partial charge in [-0.15, -0.1) is 0 Å². The Kier molecular flexibility index (Phi) is 6.58. The van der Waals surface area contributed by atoms with Crippen molar-refractivity contribution in [3.63, 3.8) is 0 Å². The molecular weight excluding hydrogens is 399 g/mol. The van der Waals surface area contributed by atoms with E-state index in [1.807, 2.05) is 0 Å². The summed E-state index contributed by atoms with van der Waals surface area (Å²) in [7, 11) is 0. The van der Waals surface area contributed by atoms with E-state index in [4.69, 9.17) is 16.3 Å². The van der Waals surface area contributed by atoms with Gasteiger partial charge in [-0.1, -0.05) is 29.8 Å². The van der Waals surface area contributed by atoms with E-state index in [0.29, 0.717) is 16.7 Å². The zero-order valence-electron chi connectivity index (χ0n) is 17.3. The lowest BCUT2D eigenvalue weighted by Gasteiger charge is -2.41. The molecule has 30 heavy (non-hydrogen) atoms. The Bertz CT molecular complexity index is 921. The molecule has 4 rings (SSSR count). The molecule has 2 saturated carbocycles. The minimum atomic E-state index is -0.561. The fourth-order valence-electron chi connectivity index (χ4n) is 5.31. The predicted octanol–water partition coefficient (Wildman–Crippen LogP) is 7.57. The summed E-state index contributed by atoms with van der Waals surface area (Å²) in [5, 5.41) is 0.565. The highest BCUT2D eigenvalue weighted by Crippen LogP contribution is 2.48. The van der Waals surface area contributed by atoms with Crippen molar-refractivity contribution in [3.05, 3.63) is 76.6 Å². The molecule has 0 amide bonds. The maximum atomic E-state index is 14.9. The standard InChI is InChI=1S/C26H28ClFO2/c1-2-3-17-4-5-19-15-20(7-6-18(19)14-17)24-13-8-21(16-25(24)28)26(29)30-23-11-9-22(27)10-12-23/h2-3,8-13,16-20H,4-7,14-15H2,1H3/b3-2+. The summed E-state index contributed by atoms with van der Waals surface area (Å²) in [5.41, 5.74) is 0.971. The minimum Gasteiger partial charge on any atom is -0.423 e. The SMILES string of the molecule is C/C=C/C1CCC2CC(c3ccc(C(=O)Oc4ccc(Cl)cc4)cc3F)CCC2C1. The van der Waals surface area contributed by atoms with Gasteiger partial charge in [0.15, 0.2) is 0 Å². The lowest BCUT2D eigenvalue weighted by atomic mass is 9.64. The minimum absolute atomic E-state index is 0.228. The van der Waals surface area contributed by atoms with Gasteiger partial charge in [-0.05, 0) is 111 Å². The summed E-state index contributed by atoms with van der Waals surface area (Å²) in [5.74, 6) is 1.95. The quantitative estimate of drug-likeness (QED) is 0.286. The fraction of sp³-hybridized carbons (Fsp3) is 0.423. The molecule has 4 atom stereocenters. The van der Waals surface area contributed by atoms with Gasteiger partial charge in [0.25, 0.3) is 0 Å². The van der Waals surface area contributed by atoms with Crippen molar-refractivity contribution < 1.29 is 13.9 Å². The molecule has 0 N–H and O–H groups in total. The predicted molar refractivity (Wildman–Crippen MR) is 119 cm³/mol. The molecule has 2 nitrogen and oxygen atoms in total. The summed E-state index contributed by atoms with van der Waals surface area (Å²) < 4.78 is 20.3. The van der Waals surface area contributed by atoms with Gasteiger partial charge >= 0.3 is 5.97 Å². The molecule has 0 saturated heterocycles. The molecule has 4 heteroatoms. The lowest BCUT2D eigenvalue weighted by molar-refractivity contribution is 0.0734. The van der Waals surface area contributed by atoms with Crippen LogP contribution in [0, 0.1) is 23.6 Å². The molecule has 0 heterocycles. The zero-order valence-corrected chi connectivity index (χ0v) is 18.1. The van der Waals surface area contributed by atoms with Crippen LogP contribution in [-0.4, -0.2) is 5.97 Å². The van der Waals surface area contributed by atoms with Crippen molar-refractivity contribution >= 4 is 17.6 Å². The topological polar surface area (TPSA) is 26.3 Å². The van der Waals surface area contributed by atoms with Crippen LogP contribution in [0.5, 0.6) is 5.75 Å². The van der Waals surface area contributed by atoms with Gasteiger partial charge in [0.2, 0.25) is 0 Å². The average Bonchev–Trinajstić information content (AvgIpc) is 2.75. The van der Waals surface area contributed by atoms with E-state index in [0.717, 1.165) is 30.2 Å². The number of benzene rings is 2. The van der Waals surface area contributed by atoms with Crippen LogP contribution in [0.3, 0.4) is 0 Å². The third kappa shape index (κ3) is 4.78. The third-order valence-corrected chi connectivity index (χ3v) is 7.07. The summed E-state index contributed by atoms with van der Waals surface area (Å²) in [6, 6.07) is 11.3. The maximum absolute atomic E-state index is 14.9. The number of carbonyl (C=O) groups excluding carboxylic acids is 1. The number of allylic oxidation sites excluding steroid dienone is 2. The second-order valence-electron chi connectivity index (χ2n) is 8.71. The van der Waals surface area contributed by atoms with Gasteiger partial charge in [-0.2, -0.15) is 0 Å². The first-order valence-corrected chi connectivity index (χ1v) is 11.3. The van der Waals surface area contributed by atoms with E-state index < -0.39 is 5.97 Å². The highest BCUT2D eigenvalue weighted by atomic mass is 35.5. The first-order chi connectivity index (χ1) is 14.5. The molecule has 2 aromatic carbocycles. The second-order valence-corrected chi connectivity index (χ2v) is 9.15. The molecule has 2 fully saturated rings. The van der Waals surface area contributed by atoms with Crippen molar-refractivity contribution in [2.45, 2.75) is 51.4 Å².